The van der Waals surface area contributed by atoms with Gasteiger partial charge in [0.25, 0.3) is 0 Å². The molecule has 15 heavy (non-hydrogen) atoms. The van der Waals surface area contributed by atoms with E-state index in [0.29, 0.717) is 6.04 Å². The minimum absolute atomic E-state index is 0.498. The molecule has 2 atom stereocenters. The van der Waals surface area contributed by atoms with E-state index in [4.69, 9.17) is 4.74 Å². The van der Waals surface area contributed by atoms with Gasteiger partial charge in [-0.05, 0) is 26.7 Å². The Kier molecular flexibility index (Phi) is 7.14. The lowest BCUT2D eigenvalue weighted by Crippen LogP contribution is -2.45. The number of rotatable bonds is 8. The number of aliphatic hydroxyl groups is 1. The highest BCUT2D eigenvalue weighted by Crippen LogP contribution is 2.14. The maximum Gasteiger partial charge on any atom is 0.0743 e. The van der Waals surface area contributed by atoms with Crippen LogP contribution in [0.25, 0.3) is 0 Å². The molecule has 92 valence electrons. The summed E-state index contributed by atoms with van der Waals surface area (Å²) in [6.45, 7) is 10.6. The summed E-state index contributed by atoms with van der Waals surface area (Å²) in [6.07, 6.45) is 1.89. The van der Waals surface area contributed by atoms with Crippen LogP contribution in [0.3, 0.4) is 0 Å². The van der Waals surface area contributed by atoms with Crippen LogP contribution in [0.2, 0.25) is 0 Å². The maximum absolute atomic E-state index is 10.1. The smallest absolute Gasteiger partial charge is 0.0743 e. The van der Waals surface area contributed by atoms with Crippen LogP contribution in [0.15, 0.2) is 0 Å². The molecular formula is C12H27NO2. The second-order valence-electron chi connectivity index (χ2n) is 4.57. The number of hydrogen-bond acceptors (Lipinski definition) is 3. The average molecular weight is 217 g/mol. The van der Waals surface area contributed by atoms with Gasteiger partial charge in [-0.2, -0.15) is 0 Å². The first-order chi connectivity index (χ1) is 6.96. The van der Waals surface area contributed by atoms with Crippen molar-refractivity contribution in [3.8, 4) is 0 Å². The van der Waals surface area contributed by atoms with E-state index in [1.807, 2.05) is 13.8 Å². The first kappa shape index (κ1) is 14.9. The zero-order valence-corrected chi connectivity index (χ0v) is 10.9. The molecule has 0 radical (unpaired) electrons. The first-order valence-corrected chi connectivity index (χ1v) is 5.92. The minimum atomic E-state index is -0.586. The van der Waals surface area contributed by atoms with E-state index < -0.39 is 5.60 Å². The van der Waals surface area contributed by atoms with Crippen LogP contribution in [-0.4, -0.2) is 48.5 Å². The van der Waals surface area contributed by atoms with Crippen molar-refractivity contribution >= 4 is 0 Å². The van der Waals surface area contributed by atoms with Gasteiger partial charge in [0.05, 0.1) is 12.2 Å². The molecule has 0 rings (SSSR count). The van der Waals surface area contributed by atoms with E-state index >= 15 is 0 Å². The van der Waals surface area contributed by atoms with Gasteiger partial charge >= 0.3 is 0 Å². The van der Waals surface area contributed by atoms with Gasteiger partial charge in [0.2, 0.25) is 0 Å². The largest absolute Gasteiger partial charge is 0.389 e. The maximum atomic E-state index is 10.1. The van der Waals surface area contributed by atoms with Gasteiger partial charge < -0.3 is 9.84 Å². The van der Waals surface area contributed by atoms with E-state index in [2.05, 4.69) is 18.7 Å². The molecule has 0 aliphatic carbocycles. The summed E-state index contributed by atoms with van der Waals surface area (Å²) in [6, 6.07) is 0.498. The van der Waals surface area contributed by atoms with Crippen molar-refractivity contribution < 1.29 is 9.84 Å². The summed E-state index contributed by atoms with van der Waals surface area (Å²) in [5.74, 6) is 0. The summed E-state index contributed by atoms with van der Waals surface area (Å²) in [5.41, 5.74) is -0.586. The van der Waals surface area contributed by atoms with Crippen molar-refractivity contribution in [1.29, 1.82) is 0 Å². The average Bonchev–Trinajstić information content (AvgIpc) is 2.23. The van der Waals surface area contributed by atoms with Crippen molar-refractivity contribution in [3.63, 3.8) is 0 Å². The standard InChI is InChI=1S/C12H27NO2/c1-6-11(3)13(8-9-15-5)10-12(4,14)7-2/h11,14H,6-10H2,1-5H3. The Morgan fingerprint density at radius 2 is 2.00 bits per heavy atom. The zero-order chi connectivity index (χ0) is 11.9. The molecule has 0 saturated heterocycles. The predicted molar refractivity (Wildman–Crippen MR) is 64.1 cm³/mol. The third-order valence-corrected chi connectivity index (χ3v) is 3.10. The molecule has 0 aliphatic rings. The van der Waals surface area contributed by atoms with Crippen LogP contribution < -0.4 is 0 Å². The molecule has 0 saturated carbocycles. The lowest BCUT2D eigenvalue weighted by molar-refractivity contribution is -0.00286. The van der Waals surface area contributed by atoms with Crippen LogP contribution in [0.1, 0.15) is 40.5 Å². The van der Waals surface area contributed by atoms with E-state index in [1.165, 1.54) is 0 Å². The highest BCUT2D eigenvalue weighted by Gasteiger charge is 2.23. The predicted octanol–water partition coefficient (Wildman–Crippen LogP) is 1.89. The van der Waals surface area contributed by atoms with Gasteiger partial charge in [0, 0.05) is 26.2 Å². The fourth-order valence-electron chi connectivity index (χ4n) is 1.47. The molecule has 0 aliphatic heterocycles. The van der Waals surface area contributed by atoms with Gasteiger partial charge in [0.1, 0.15) is 0 Å². The van der Waals surface area contributed by atoms with Crippen molar-refractivity contribution in [2.24, 2.45) is 0 Å². The van der Waals surface area contributed by atoms with Crippen molar-refractivity contribution in [1.82, 2.24) is 4.90 Å². The molecule has 0 aromatic rings. The van der Waals surface area contributed by atoms with Gasteiger partial charge in [0.15, 0.2) is 0 Å². The number of ether oxygens (including phenoxy) is 1. The first-order valence-electron chi connectivity index (χ1n) is 5.92. The van der Waals surface area contributed by atoms with Gasteiger partial charge in [-0.1, -0.05) is 13.8 Å². The third kappa shape index (κ3) is 6.13. The Labute approximate surface area is 94.4 Å². The lowest BCUT2D eigenvalue weighted by Gasteiger charge is -2.34. The van der Waals surface area contributed by atoms with E-state index in [-0.39, 0.29) is 0 Å². The monoisotopic (exact) mass is 217 g/mol. The molecule has 0 spiro atoms. The number of methoxy groups -OCH3 is 1. The molecule has 2 unspecified atom stereocenters. The Hall–Kier alpha value is -0.120. The van der Waals surface area contributed by atoms with Gasteiger partial charge in [-0.25, -0.2) is 0 Å². The van der Waals surface area contributed by atoms with Crippen molar-refractivity contribution in [2.75, 3.05) is 26.8 Å². The quantitative estimate of drug-likeness (QED) is 0.674. The topological polar surface area (TPSA) is 32.7 Å². The molecule has 0 aromatic heterocycles. The Morgan fingerprint density at radius 3 is 2.40 bits per heavy atom. The minimum Gasteiger partial charge on any atom is -0.389 e. The molecule has 0 amide bonds. The molecule has 0 bridgehead atoms. The fraction of sp³-hybridized carbons (Fsp3) is 1.00. The molecule has 1 N–H and O–H groups in total. The summed E-state index contributed by atoms with van der Waals surface area (Å²) in [4.78, 5) is 2.30. The molecule has 3 heteroatoms. The normalized spacial score (nSPS) is 17.8. The second kappa shape index (κ2) is 7.20. The molecule has 0 aromatic carbocycles. The van der Waals surface area contributed by atoms with Crippen molar-refractivity contribution in [3.05, 3.63) is 0 Å². The summed E-state index contributed by atoms with van der Waals surface area (Å²) < 4.78 is 5.09. The van der Waals surface area contributed by atoms with Gasteiger partial charge in [-0.3, -0.25) is 4.90 Å². The Bertz CT molecular complexity index is 160. The SMILES string of the molecule is CCC(C)N(CCOC)CC(C)(O)CC. The van der Waals surface area contributed by atoms with Crippen LogP contribution >= 0.6 is 0 Å². The van der Waals surface area contributed by atoms with Crippen LogP contribution in [0.5, 0.6) is 0 Å². The Balaban J connectivity index is 4.23. The lowest BCUT2D eigenvalue weighted by atomic mass is 10.0. The van der Waals surface area contributed by atoms with E-state index in [0.717, 1.165) is 32.5 Å². The van der Waals surface area contributed by atoms with Crippen molar-refractivity contribution in [2.45, 2.75) is 52.2 Å². The van der Waals surface area contributed by atoms with E-state index in [1.54, 1.807) is 7.11 Å². The van der Waals surface area contributed by atoms with E-state index in [9.17, 15) is 5.11 Å². The number of hydrogen-bond donors (Lipinski definition) is 1. The van der Waals surface area contributed by atoms with Crippen LogP contribution in [-0.2, 0) is 4.74 Å². The molecule has 0 heterocycles. The van der Waals surface area contributed by atoms with Gasteiger partial charge in [-0.15, -0.1) is 0 Å². The summed E-state index contributed by atoms with van der Waals surface area (Å²) in [5, 5.41) is 10.1. The molecule has 3 nitrogen and oxygen atoms in total. The molecule has 0 fully saturated rings. The third-order valence-electron chi connectivity index (χ3n) is 3.10. The highest BCUT2D eigenvalue weighted by atomic mass is 16.5. The van der Waals surface area contributed by atoms with Crippen LogP contribution in [0, 0.1) is 0 Å². The second-order valence-corrected chi connectivity index (χ2v) is 4.57. The fourth-order valence-corrected chi connectivity index (χ4v) is 1.47. The Morgan fingerprint density at radius 1 is 1.40 bits per heavy atom. The number of nitrogens with zero attached hydrogens (tertiary/aromatic N) is 1. The zero-order valence-electron chi connectivity index (χ0n) is 10.9. The highest BCUT2D eigenvalue weighted by molar-refractivity contribution is 4.78. The van der Waals surface area contributed by atoms with Crippen LogP contribution in [0.4, 0.5) is 0 Å². The molecular weight excluding hydrogens is 190 g/mol. The summed E-state index contributed by atoms with van der Waals surface area (Å²) >= 11 is 0. The summed E-state index contributed by atoms with van der Waals surface area (Å²) in [7, 11) is 1.72.